The molecule has 0 bridgehead atoms. The molecule has 1 saturated carbocycles. The molecule has 1 spiro atoms. The van der Waals surface area contributed by atoms with Crippen molar-refractivity contribution in [2.75, 3.05) is 20.1 Å². The molecule has 1 amide bonds. The van der Waals surface area contributed by atoms with Crippen LogP contribution >= 0.6 is 0 Å². The number of piperidine rings is 1. The second-order valence-corrected chi connectivity index (χ2v) is 9.66. The lowest BCUT2D eigenvalue weighted by Crippen LogP contribution is -2.53. The monoisotopic (exact) mass is 422 g/mol. The van der Waals surface area contributed by atoms with E-state index in [4.69, 9.17) is 4.74 Å². The van der Waals surface area contributed by atoms with Crippen LogP contribution in [-0.4, -0.2) is 36.5 Å². The molecule has 1 aliphatic carbocycles. The SMILES string of the molecule is CN1CCC2(CC1)CC(NC(=O)C1(c3cccc(F)c3)CCCC1)c1ccccc1O2. The van der Waals surface area contributed by atoms with Crippen LogP contribution in [-0.2, 0) is 10.2 Å². The van der Waals surface area contributed by atoms with E-state index in [1.165, 1.54) is 6.07 Å². The highest BCUT2D eigenvalue weighted by Gasteiger charge is 2.47. The summed E-state index contributed by atoms with van der Waals surface area (Å²) in [6.45, 7) is 1.99. The molecule has 1 saturated heterocycles. The summed E-state index contributed by atoms with van der Waals surface area (Å²) in [5.74, 6) is 0.633. The first kappa shape index (κ1) is 20.5. The molecule has 0 aromatic heterocycles. The second kappa shape index (κ2) is 7.94. The highest BCUT2D eigenvalue weighted by atomic mass is 19.1. The standard InChI is InChI=1S/C26H31FN2O2/c1-29-15-13-25(14-16-29)18-22(21-9-2-3-10-23(21)31-25)28-24(30)26(11-4-5-12-26)19-7-6-8-20(27)17-19/h2-3,6-10,17,22H,4-5,11-16,18H2,1H3,(H,28,30). The largest absolute Gasteiger partial charge is 0.487 e. The summed E-state index contributed by atoms with van der Waals surface area (Å²) in [6, 6.07) is 14.6. The Morgan fingerprint density at radius 3 is 2.55 bits per heavy atom. The Morgan fingerprint density at radius 1 is 1.06 bits per heavy atom. The quantitative estimate of drug-likeness (QED) is 0.777. The average Bonchev–Trinajstić information content (AvgIpc) is 3.27. The summed E-state index contributed by atoms with van der Waals surface area (Å²) in [7, 11) is 2.14. The van der Waals surface area contributed by atoms with Gasteiger partial charge in [-0.3, -0.25) is 4.79 Å². The van der Waals surface area contributed by atoms with Gasteiger partial charge in [0.2, 0.25) is 5.91 Å². The molecule has 2 aromatic carbocycles. The van der Waals surface area contributed by atoms with Crippen LogP contribution in [0.15, 0.2) is 48.5 Å². The molecule has 0 radical (unpaired) electrons. The first-order valence-electron chi connectivity index (χ1n) is 11.5. The number of hydrogen-bond donors (Lipinski definition) is 1. The number of hydrogen-bond acceptors (Lipinski definition) is 3. The first-order chi connectivity index (χ1) is 15.0. The topological polar surface area (TPSA) is 41.6 Å². The van der Waals surface area contributed by atoms with Gasteiger partial charge >= 0.3 is 0 Å². The lowest BCUT2D eigenvalue weighted by Gasteiger charge is -2.47. The third-order valence-corrected chi connectivity index (χ3v) is 7.67. The lowest BCUT2D eigenvalue weighted by molar-refractivity contribution is -0.128. The maximum Gasteiger partial charge on any atom is 0.231 e. The summed E-state index contributed by atoms with van der Waals surface area (Å²) in [5, 5.41) is 3.40. The second-order valence-electron chi connectivity index (χ2n) is 9.66. The molecule has 5 rings (SSSR count). The molecule has 4 nitrogen and oxygen atoms in total. The van der Waals surface area contributed by atoms with Crippen molar-refractivity contribution >= 4 is 5.91 Å². The van der Waals surface area contributed by atoms with Gasteiger partial charge in [0, 0.05) is 25.1 Å². The van der Waals surface area contributed by atoms with Gasteiger partial charge in [-0.1, -0.05) is 43.2 Å². The van der Waals surface area contributed by atoms with Gasteiger partial charge < -0.3 is 15.0 Å². The van der Waals surface area contributed by atoms with Crippen LogP contribution in [0.3, 0.4) is 0 Å². The highest BCUT2D eigenvalue weighted by molar-refractivity contribution is 5.89. The van der Waals surface area contributed by atoms with Crippen LogP contribution in [0.2, 0.25) is 0 Å². The van der Waals surface area contributed by atoms with E-state index in [1.54, 1.807) is 12.1 Å². The molecule has 2 aromatic rings. The van der Waals surface area contributed by atoms with Crippen molar-refractivity contribution in [1.82, 2.24) is 10.2 Å². The smallest absolute Gasteiger partial charge is 0.231 e. The van der Waals surface area contributed by atoms with Crippen LogP contribution in [0.5, 0.6) is 5.75 Å². The van der Waals surface area contributed by atoms with E-state index in [0.29, 0.717) is 0 Å². The Bertz CT molecular complexity index is 961. The van der Waals surface area contributed by atoms with E-state index in [2.05, 4.69) is 23.3 Å². The van der Waals surface area contributed by atoms with Crippen molar-refractivity contribution < 1.29 is 13.9 Å². The van der Waals surface area contributed by atoms with Gasteiger partial charge in [-0.2, -0.15) is 0 Å². The molecule has 164 valence electrons. The van der Waals surface area contributed by atoms with Gasteiger partial charge in [-0.05, 0) is 56.5 Å². The molecule has 5 heteroatoms. The Balaban J connectivity index is 1.45. The normalized spacial score (nSPS) is 24.4. The van der Waals surface area contributed by atoms with Crippen molar-refractivity contribution in [1.29, 1.82) is 0 Å². The fraction of sp³-hybridized carbons (Fsp3) is 0.500. The number of halogens is 1. The maximum absolute atomic E-state index is 14.0. The van der Waals surface area contributed by atoms with Crippen LogP contribution in [0.25, 0.3) is 0 Å². The molecule has 2 aliphatic heterocycles. The van der Waals surface area contributed by atoms with Gasteiger partial charge in [-0.15, -0.1) is 0 Å². The Hall–Kier alpha value is -2.40. The van der Waals surface area contributed by atoms with Gasteiger partial charge in [0.15, 0.2) is 0 Å². The van der Waals surface area contributed by atoms with Gasteiger partial charge in [0.25, 0.3) is 0 Å². The lowest BCUT2D eigenvalue weighted by atomic mass is 9.76. The van der Waals surface area contributed by atoms with Crippen LogP contribution in [0.1, 0.15) is 62.1 Å². The molecule has 1 atom stereocenters. The summed E-state index contributed by atoms with van der Waals surface area (Å²) in [6.07, 6.45) is 6.21. The van der Waals surface area contributed by atoms with Crippen LogP contribution in [0.4, 0.5) is 4.39 Å². The van der Waals surface area contributed by atoms with Crippen molar-refractivity contribution in [3.63, 3.8) is 0 Å². The Morgan fingerprint density at radius 2 is 1.81 bits per heavy atom. The number of carbonyl (C=O) groups is 1. The van der Waals surface area contributed by atoms with Crippen molar-refractivity contribution in [2.45, 2.75) is 62.0 Å². The number of likely N-dealkylation sites (tertiary alicyclic amines) is 1. The fourth-order valence-electron chi connectivity index (χ4n) is 5.79. The summed E-state index contributed by atoms with van der Waals surface area (Å²) < 4.78 is 20.6. The van der Waals surface area contributed by atoms with Gasteiger partial charge in [0.05, 0.1) is 11.5 Å². The van der Waals surface area contributed by atoms with E-state index in [1.807, 2.05) is 24.3 Å². The third kappa shape index (κ3) is 3.73. The predicted molar refractivity (Wildman–Crippen MR) is 119 cm³/mol. The van der Waals surface area contributed by atoms with E-state index in [0.717, 1.165) is 74.9 Å². The summed E-state index contributed by atoms with van der Waals surface area (Å²) in [4.78, 5) is 16.1. The van der Waals surface area contributed by atoms with Crippen LogP contribution in [0, 0.1) is 5.82 Å². The zero-order chi connectivity index (χ0) is 21.5. The Kier molecular flexibility index (Phi) is 5.25. The minimum atomic E-state index is -0.644. The number of nitrogens with one attached hydrogen (secondary N) is 1. The van der Waals surface area contributed by atoms with E-state index >= 15 is 0 Å². The number of nitrogens with zero attached hydrogens (tertiary/aromatic N) is 1. The van der Waals surface area contributed by atoms with E-state index < -0.39 is 5.41 Å². The highest BCUT2D eigenvalue weighted by Crippen LogP contribution is 2.46. The number of amides is 1. The van der Waals surface area contributed by atoms with Crippen molar-refractivity contribution in [3.05, 3.63) is 65.5 Å². The predicted octanol–water partition coefficient (Wildman–Crippen LogP) is 4.74. The minimum absolute atomic E-state index is 0.0281. The zero-order valence-corrected chi connectivity index (χ0v) is 18.2. The molecular weight excluding hydrogens is 391 g/mol. The molecule has 2 heterocycles. The zero-order valence-electron chi connectivity index (χ0n) is 18.2. The fourth-order valence-corrected chi connectivity index (χ4v) is 5.79. The number of carbonyl (C=O) groups excluding carboxylic acids is 1. The summed E-state index contributed by atoms with van der Waals surface area (Å²) >= 11 is 0. The first-order valence-corrected chi connectivity index (χ1v) is 11.5. The molecule has 1 unspecified atom stereocenters. The van der Waals surface area contributed by atoms with E-state index in [9.17, 15) is 9.18 Å². The van der Waals surface area contributed by atoms with Gasteiger partial charge in [0.1, 0.15) is 17.2 Å². The molecule has 31 heavy (non-hydrogen) atoms. The number of para-hydroxylation sites is 1. The number of rotatable bonds is 3. The van der Waals surface area contributed by atoms with Crippen molar-refractivity contribution in [2.24, 2.45) is 0 Å². The number of benzene rings is 2. The third-order valence-electron chi connectivity index (χ3n) is 7.67. The van der Waals surface area contributed by atoms with Crippen LogP contribution < -0.4 is 10.1 Å². The van der Waals surface area contributed by atoms with Gasteiger partial charge in [-0.25, -0.2) is 4.39 Å². The molecule has 1 N–H and O–H groups in total. The Labute approximate surface area is 183 Å². The molecule has 3 aliphatic rings. The maximum atomic E-state index is 14.0. The van der Waals surface area contributed by atoms with Crippen molar-refractivity contribution in [3.8, 4) is 5.75 Å². The molecule has 2 fully saturated rings. The summed E-state index contributed by atoms with van der Waals surface area (Å²) in [5.41, 5.74) is 0.972. The number of ether oxygens (including phenoxy) is 1. The number of fused-ring (bicyclic) bond motifs is 1. The molecular formula is C26H31FN2O2. The van der Waals surface area contributed by atoms with E-state index in [-0.39, 0.29) is 23.4 Å². The average molecular weight is 423 g/mol. The minimum Gasteiger partial charge on any atom is -0.487 e.